The van der Waals surface area contributed by atoms with E-state index >= 15 is 0 Å². The summed E-state index contributed by atoms with van der Waals surface area (Å²) in [6, 6.07) is 9.49. The molecule has 5 saturated heterocycles. The van der Waals surface area contributed by atoms with Crippen LogP contribution in [0, 0.1) is 107 Å². The number of aliphatic hydroxyl groups is 5. The molecule has 5 atom stereocenters. The number of carbonyl (C=O) groups is 5. The molecule has 0 radical (unpaired) electrons. The molecule has 632 valence electrons. The Kier molecular flexibility index (Phi) is 23.0. The lowest BCUT2D eigenvalue weighted by Crippen LogP contribution is -2.36. The minimum absolute atomic E-state index is 0.00157. The third kappa shape index (κ3) is 17.1. The quantitative estimate of drug-likeness (QED) is 0.0769. The molecule has 6 saturated carbocycles. The molecule has 20 nitrogen and oxygen atoms in total. The average molecular weight is 1650 g/mol. The first kappa shape index (κ1) is 84.2. The first-order valence-electron chi connectivity index (χ1n) is 44.5. The second-order valence-electron chi connectivity index (χ2n) is 38.0. The number of aromatic nitrogens is 5. The molecule has 3 unspecified atom stereocenters. The molecule has 5 aromatic heterocycles. The highest BCUT2D eigenvalue weighted by Gasteiger charge is 2.51. The summed E-state index contributed by atoms with van der Waals surface area (Å²) >= 11 is 0. The van der Waals surface area contributed by atoms with Gasteiger partial charge >= 0.3 is 0 Å². The summed E-state index contributed by atoms with van der Waals surface area (Å²) in [6.07, 6.45) is 67.5. The van der Waals surface area contributed by atoms with Crippen LogP contribution in [-0.2, 0) is 56.1 Å². The molecule has 20 heteroatoms. The van der Waals surface area contributed by atoms with Crippen LogP contribution in [0.3, 0.4) is 0 Å². The van der Waals surface area contributed by atoms with Gasteiger partial charge in [0.1, 0.15) is 0 Å². The van der Waals surface area contributed by atoms with Crippen LogP contribution in [0.4, 0.5) is 0 Å². The van der Waals surface area contributed by atoms with Crippen LogP contribution in [0.25, 0.3) is 28.5 Å². The van der Waals surface area contributed by atoms with Gasteiger partial charge in [-0.05, 0) is 253 Å². The largest absolute Gasteiger partial charge is 0.387 e. The Morgan fingerprint density at radius 1 is 0.309 bits per heavy atom. The summed E-state index contributed by atoms with van der Waals surface area (Å²) in [5, 5.41) is 50.1. The number of piperidine rings is 5. The summed E-state index contributed by atoms with van der Waals surface area (Å²) < 4.78 is 0. The van der Waals surface area contributed by atoms with Crippen LogP contribution in [0.1, 0.15) is 277 Å². The lowest BCUT2D eigenvalue weighted by molar-refractivity contribution is -0.115. The molecular weight excluding hydrogens is 1540 g/mol. The number of pyridine rings is 5. The molecule has 0 aromatic carbocycles. The molecule has 5 aromatic rings. The van der Waals surface area contributed by atoms with Crippen molar-refractivity contribution in [1.29, 1.82) is 0 Å². The van der Waals surface area contributed by atoms with E-state index in [1.54, 1.807) is 57.8 Å². The van der Waals surface area contributed by atoms with Gasteiger partial charge in [-0.2, -0.15) is 0 Å². The van der Waals surface area contributed by atoms with Crippen LogP contribution < -0.4 is 0 Å². The molecule has 5 spiro atoms. The number of hydrogen-bond acceptors (Lipinski definition) is 20. The van der Waals surface area contributed by atoms with E-state index in [0.717, 1.165) is 175 Å². The fourth-order valence-corrected chi connectivity index (χ4v) is 20.5. The monoisotopic (exact) mass is 1650 g/mol. The number of allylic oxidation sites excluding steroid dienone is 5. The highest BCUT2D eigenvalue weighted by atomic mass is 16.3. The molecule has 123 heavy (non-hydrogen) atoms. The van der Waals surface area contributed by atoms with Gasteiger partial charge in [-0.25, -0.2) is 0 Å². The van der Waals surface area contributed by atoms with Crippen molar-refractivity contribution in [3.05, 3.63) is 173 Å². The van der Waals surface area contributed by atoms with Gasteiger partial charge in [-0.1, -0.05) is 35.5 Å². The van der Waals surface area contributed by atoms with Crippen molar-refractivity contribution in [3.63, 3.8) is 0 Å². The zero-order valence-corrected chi connectivity index (χ0v) is 71.1. The first-order valence-corrected chi connectivity index (χ1v) is 44.5. The third-order valence-electron chi connectivity index (χ3n) is 29.9. The maximum absolute atomic E-state index is 12.6. The minimum Gasteiger partial charge on any atom is -0.387 e. The van der Waals surface area contributed by atoms with Crippen LogP contribution >= 0.6 is 0 Å². The van der Waals surface area contributed by atoms with Gasteiger partial charge in [0.25, 0.3) is 0 Å². The van der Waals surface area contributed by atoms with Crippen LogP contribution in [0.5, 0.6) is 0 Å². The second kappa shape index (κ2) is 33.6. The number of terminal acetylenes is 6. The van der Waals surface area contributed by atoms with E-state index in [2.05, 4.69) is 84.9 Å². The summed E-state index contributed by atoms with van der Waals surface area (Å²) in [7, 11) is 0. The van der Waals surface area contributed by atoms with E-state index in [-0.39, 0.29) is 35.3 Å². The summed E-state index contributed by atoms with van der Waals surface area (Å²) in [4.78, 5) is 95.6. The van der Waals surface area contributed by atoms with Crippen LogP contribution in [0.2, 0.25) is 0 Å². The van der Waals surface area contributed by atoms with Gasteiger partial charge in [0, 0.05) is 156 Å². The molecule has 10 heterocycles. The molecule has 0 bridgehead atoms. The highest BCUT2D eigenvalue weighted by molar-refractivity contribution is 6.13. The number of ketones is 5. The zero-order chi connectivity index (χ0) is 86.2. The van der Waals surface area contributed by atoms with Gasteiger partial charge in [-0.15, -0.1) is 38.5 Å². The smallest absolute Gasteiger partial charge is 0.177 e. The molecule has 21 rings (SSSR count). The van der Waals surface area contributed by atoms with E-state index in [4.69, 9.17) is 38.5 Å². The lowest BCUT2D eigenvalue weighted by Gasteiger charge is -2.38. The fourth-order valence-electron chi connectivity index (χ4n) is 20.5. The Hall–Kier alpha value is -11.0. The van der Waals surface area contributed by atoms with E-state index < -0.39 is 30.5 Å². The number of hydrogen-bond donors (Lipinski definition) is 5. The van der Waals surface area contributed by atoms with E-state index in [1.165, 1.54) is 116 Å². The van der Waals surface area contributed by atoms with E-state index in [1.807, 2.05) is 24.3 Å². The van der Waals surface area contributed by atoms with Crippen molar-refractivity contribution in [2.75, 3.05) is 65.4 Å². The summed E-state index contributed by atoms with van der Waals surface area (Å²) in [5.74, 6) is 15.8. The van der Waals surface area contributed by atoms with Gasteiger partial charge in [0.15, 0.2) is 35.0 Å². The van der Waals surface area contributed by atoms with Crippen molar-refractivity contribution in [3.8, 4) is 74.1 Å². The van der Waals surface area contributed by atoms with E-state index in [0.29, 0.717) is 115 Å². The molecule has 11 aliphatic carbocycles. The summed E-state index contributed by atoms with van der Waals surface area (Å²) in [5.41, 5.74) is 21.9. The number of rotatable bonds is 11. The molecular formula is C103H110N10O10. The van der Waals surface area contributed by atoms with Crippen LogP contribution in [0.15, 0.2) is 89.2 Å². The highest BCUT2D eigenvalue weighted by Crippen LogP contribution is 2.59. The first-order chi connectivity index (χ1) is 59.2. The lowest BCUT2D eigenvalue weighted by atomic mass is 9.86. The average Bonchev–Trinajstić information content (AvgIpc) is 1.71. The topological polar surface area (TPSA) is 267 Å². The maximum Gasteiger partial charge on any atom is 0.177 e. The number of aliphatic hydroxyl groups excluding tert-OH is 5. The van der Waals surface area contributed by atoms with Crippen molar-refractivity contribution in [2.24, 2.45) is 33.0 Å². The minimum atomic E-state index is -1.06. The van der Waals surface area contributed by atoms with E-state index in [9.17, 15) is 49.5 Å². The summed E-state index contributed by atoms with van der Waals surface area (Å²) in [6.45, 7) is 14.5. The Bertz CT molecular complexity index is 5300. The Balaban J connectivity index is 0.000000109. The van der Waals surface area contributed by atoms with Gasteiger partial charge < -0.3 is 50.0 Å². The maximum atomic E-state index is 12.6. The van der Waals surface area contributed by atoms with Crippen molar-refractivity contribution in [2.45, 2.75) is 225 Å². The third-order valence-corrected chi connectivity index (χ3v) is 29.9. The zero-order valence-electron chi connectivity index (χ0n) is 71.1. The number of likely N-dealkylation sites (tertiary alicyclic amines) is 5. The van der Waals surface area contributed by atoms with Crippen molar-refractivity contribution < 1.29 is 49.5 Å². The fraction of sp³-hybridized carbons (Fsp3) is 0.495. The molecule has 0 amide bonds. The Morgan fingerprint density at radius 2 is 0.504 bits per heavy atom. The van der Waals surface area contributed by atoms with Crippen LogP contribution in [-0.4, -0.2) is 169 Å². The number of fused-ring (bicyclic) bond motifs is 5. The Labute approximate surface area is 722 Å². The van der Waals surface area contributed by atoms with Gasteiger partial charge in [0.2, 0.25) is 0 Å². The molecule has 5 aliphatic heterocycles. The normalized spacial score (nSPS) is 23.3. The van der Waals surface area contributed by atoms with Crippen molar-refractivity contribution in [1.82, 2.24) is 49.4 Å². The SMILES string of the molecule is C#CC1=C(N2CCC3(CC2)CC3)c2cc(C(C)O)ncc2CC1=O.C#CC1=C(N2CCC3(CC2)CC3)c2cc(C(O)C#C)ncc2CC1=O.C#CC1=C(N2CCC3(CC2)CC3)c2cc(C(O)C3CC3)ncc2CC1=O.C#CC1=C(N2CCC3(CC2)CC3)c2cc([C@@H](C)O)ncc2CC1=O.C#CC1=C(N2CCC3(CC2)CC3)c2cc([C@H](C)O)ncc2CC1=O. The van der Waals surface area contributed by atoms with Gasteiger partial charge in [-0.3, -0.25) is 48.9 Å². The van der Waals surface area contributed by atoms with Crippen molar-refractivity contribution >= 4 is 57.4 Å². The second-order valence-corrected chi connectivity index (χ2v) is 38.0. The molecule has 5 N–H and O–H groups in total. The van der Waals surface area contributed by atoms with Gasteiger partial charge in [0.05, 0.1) is 109 Å². The Morgan fingerprint density at radius 3 is 0.691 bits per heavy atom. The number of Topliss-reactive ketones (excluding diaryl/α,β-unsaturated/α-hetero) is 5. The number of nitrogens with zero attached hydrogens (tertiary/aromatic N) is 10. The molecule has 16 aliphatic rings. The number of carbonyl (C=O) groups excluding carboxylic acids is 5. The predicted octanol–water partition coefficient (Wildman–Crippen LogP) is 12.4. The predicted molar refractivity (Wildman–Crippen MR) is 469 cm³/mol. The molecule has 11 fully saturated rings. The standard InChI is InChI=1S/C22H24N2O2.C21H20N2O2.3C20H22N2O2/c1-2-16-19(25)11-15-13-23-18(21(26)14-3-4-14)12-17(15)20(16)24-9-7-22(5-6-22)8-10-24;1-3-15-19(25)11-14-13-22-17(18(24)4-2)12-16(14)20(15)23-9-7-21(5-6-21)8-10-23;3*1-3-15-18(24)10-14-12-21-17(13(2)23)11-16(14)19(15)22-8-6-20(4-5-20)7-9-22/h1,12-14,21,26H,3-11H2;1-2,12-13,18,24H,5-11H2;3*1,11-13,23H,4-10H2,2H3/t;;2*13-;/m..10./s1.